The Labute approximate surface area is 152 Å². The van der Waals surface area contributed by atoms with Gasteiger partial charge in [-0.05, 0) is 29.8 Å². The summed E-state index contributed by atoms with van der Waals surface area (Å²) in [5.74, 6) is -2.30. The van der Waals surface area contributed by atoms with Crippen molar-refractivity contribution in [3.63, 3.8) is 0 Å². The molecule has 0 aliphatic carbocycles. The number of carbonyl (C=O) groups is 2. The van der Waals surface area contributed by atoms with E-state index in [1.807, 2.05) is 0 Å². The third kappa shape index (κ3) is 4.27. The number of nitrogens with zero attached hydrogens (tertiary/aromatic N) is 2. The Morgan fingerprint density at radius 2 is 2.07 bits per heavy atom. The Kier molecular flexibility index (Phi) is 5.11. The molecule has 138 valence electrons. The highest BCUT2D eigenvalue weighted by molar-refractivity contribution is 5.92. The average Bonchev–Trinajstić information content (AvgIpc) is 3.03. The third-order valence-electron chi connectivity index (χ3n) is 3.80. The summed E-state index contributed by atoms with van der Waals surface area (Å²) in [5, 5.41) is 14.2. The van der Waals surface area contributed by atoms with E-state index in [1.54, 1.807) is 12.1 Å². The van der Waals surface area contributed by atoms with Crippen LogP contribution < -0.4 is 10.9 Å². The highest BCUT2D eigenvalue weighted by Crippen LogP contribution is 2.16. The number of amides is 1. The first kappa shape index (κ1) is 18.1. The molecule has 2 heterocycles. The molecule has 0 unspecified atom stereocenters. The predicted octanol–water partition coefficient (Wildman–Crippen LogP) is 1.65. The van der Waals surface area contributed by atoms with Crippen LogP contribution in [0, 0.1) is 5.82 Å². The summed E-state index contributed by atoms with van der Waals surface area (Å²) in [7, 11) is 0. The van der Waals surface area contributed by atoms with Crippen LogP contribution in [0.5, 0.6) is 0 Å². The van der Waals surface area contributed by atoms with Crippen LogP contribution in [0.4, 0.5) is 4.39 Å². The van der Waals surface area contributed by atoms with Gasteiger partial charge in [-0.3, -0.25) is 24.5 Å². The summed E-state index contributed by atoms with van der Waals surface area (Å²) in [5.41, 5.74) is 0.110. The number of rotatable bonds is 6. The smallest absolute Gasteiger partial charge is 0.305 e. The van der Waals surface area contributed by atoms with E-state index in [4.69, 9.17) is 5.11 Å². The lowest BCUT2D eigenvalue weighted by molar-refractivity contribution is -0.137. The van der Waals surface area contributed by atoms with Crippen LogP contribution in [0.1, 0.15) is 28.5 Å². The number of carboxylic acids is 1. The summed E-state index contributed by atoms with van der Waals surface area (Å²) in [6.07, 6.45) is 2.63. The van der Waals surface area contributed by atoms with Crippen LogP contribution in [0.2, 0.25) is 0 Å². The van der Waals surface area contributed by atoms with Crippen molar-refractivity contribution in [1.82, 2.24) is 20.1 Å². The Morgan fingerprint density at radius 3 is 2.74 bits per heavy atom. The normalized spacial score (nSPS) is 11.7. The number of aromatic amines is 1. The predicted molar refractivity (Wildman–Crippen MR) is 93.0 cm³/mol. The maximum Gasteiger partial charge on any atom is 0.305 e. The van der Waals surface area contributed by atoms with E-state index < -0.39 is 29.3 Å². The Bertz CT molecular complexity index is 1030. The molecule has 0 saturated heterocycles. The number of pyridine rings is 1. The van der Waals surface area contributed by atoms with Crippen molar-refractivity contribution in [3.05, 3.63) is 82.3 Å². The molecule has 0 bridgehead atoms. The van der Waals surface area contributed by atoms with Crippen molar-refractivity contribution in [2.75, 3.05) is 0 Å². The van der Waals surface area contributed by atoms with Gasteiger partial charge in [-0.1, -0.05) is 12.1 Å². The molecule has 0 radical (unpaired) electrons. The number of hydrogen-bond donors (Lipinski definition) is 3. The molecule has 8 nitrogen and oxygen atoms in total. The zero-order chi connectivity index (χ0) is 19.4. The molecule has 3 N–H and O–H groups in total. The fraction of sp³-hybridized carbons (Fsp3) is 0.111. The molecule has 3 rings (SSSR count). The van der Waals surface area contributed by atoms with Crippen molar-refractivity contribution in [1.29, 1.82) is 0 Å². The molecular weight excluding hydrogens is 355 g/mol. The summed E-state index contributed by atoms with van der Waals surface area (Å²) < 4.78 is 14.4. The highest BCUT2D eigenvalue weighted by Gasteiger charge is 2.21. The van der Waals surface area contributed by atoms with Gasteiger partial charge in [0.25, 0.3) is 11.5 Å². The van der Waals surface area contributed by atoms with Crippen molar-refractivity contribution >= 4 is 11.9 Å². The van der Waals surface area contributed by atoms with Gasteiger partial charge in [-0.25, -0.2) is 9.07 Å². The van der Waals surface area contributed by atoms with Crippen LogP contribution in [-0.4, -0.2) is 31.7 Å². The first-order valence-electron chi connectivity index (χ1n) is 7.94. The second-order valence-electron chi connectivity index (χ2n) is 5.73. The van der Waals surface area contributed by atoms with Crippen LogP contribution in [-0.2, 0) is 4.79 Å². The molecule has 3 aromatic rings. The quantitative estimate of drug-likeness (QED) is 0.610. The Morgan fingerprint density at radius 1 is 1.26 bits per heavy atom. The van der Waals surface area contributed by atoms with Gasteiger partial charge >= 0.3 is 5.97 Å². The van der Waals surface area contributed by atoms with E-state index in [9.17, 15) is 18.8 Å². The fourth-order valence-corrected chi connectivity index (χ4v) is 2.56. The van der Waals surface area contributed by atoms with Gasteiger partial charge in [0.1, 0.15) is 11.5 Å². The monoisotopic (exact) mass is 370 g/mol. The van der Waals surface area contributed by atoms with Crippen LogP contribution in [0.25, 0.3) is 5.69 Å². The highest BCUT2D eigenvalue weighted by atomic mass is 19.1. The van der Waals surface area contributed by atoms with E-state index >= 15 is 0 Å². The molecule has 0 fully saturated rings. The topological polar surface area (TPSA) is 117 Å². The largest absolute Gasteiger partial charge is 0.481 e. The number of H-pyrrole nitrogens is 1. The van der Waals surface area contributed by atoms with Gasteiger partial charge in [0.2, 0.25) is 0 Å². The van der Waals surface area contributed by atoms with Gasteiger partial charge < -0.3 is 10.4 Å². The molecule has 1 aromatic carbocycles. The van der Waals surface area contributed by atoms with Crippen LogP contribution >= 0.6 is 0 Å². The molecule has 0 spiro atoms. The zero-order valence-electron chi connectivity index (χ0n) is 13.9. The van der Waals surface area contributed by atoms with Crippen LogP contribution in [0.3, 0.4) is 0 Å². The zero-order valence-corrected chi connectivity index (χ0v) is 13.9. The summed E-state index contributed by atoms with van der Waals surface area (Å²) in [4.78, 5) is 39.6. The van der Waals surface area contributed by atoms with Gasteiger partial charge in [-0.15, -0.1) is 0 Å². The minimum atomic E-state index is -1.10. The number of aromatic nitrogens is 3. The fourth-order valence-electron chi connectivity index (χ4n) is 2.56. The lowest BCUT2D eigenvalue weighted by Gasteiger charge is -2.16. The summed E-state index contributed by atoms with van der Waals surface area (Å²) >= 11 is 0. The van der Waals surface area contributed by atoms with E-state index in [0.717, 1.165) is 16.8 Å². The Balaban J connectivity index is 1.86. The molecule has 0 aliphatic heterocycles. The van der Waals surface area contributed by atoms with Crippen molar-refractivity contribution in [2.24, 2.45) is 0 Å². The van der Waals surface area contributed by atoms with Crippen LogP contribution in [0.15, 0.2) is 59.7 Å². The van der Waals surface area contributed by atoms with Crippen molar-refractivity contribution < 1.29 is 19.1 Å². The number of halogens is 1. The minimum absolute atomic E-state index is 0.0801. The lowest BCUT2D eigenvalue weighted by atomic mass is 10.1. The van der Waals surface area contributed by atoms with E-state index in [0.29, 0.717) is 5.56 Å². The number of carboxylic acid groups (broad SMARTS) is 1. The maximum atomic E-state index is 13.4. The van der Waals surface area contributed by atoms with Gasteiger partial charge in [-0.2, -0.15) is 0 Å². The van der Waals surface area contributed by atoms with E-state index in [-0.39, 0.29) is 17.8 Å². The number of nitrogens with one attached hydrogen (secondary N) is 2. The van der Waals surface area contributed by atoms with Crippen molar-refractivity contribution in [3.8, 4) is 5.69 Å². The van der Waals surface area contributed by atoms with E-state index in [1.165, 1.54) is 30.6 Å². The molecule has 1 atom stereocenters. The molecular formula is C18H15FN4O4. The number of aliphatic carboxylic acids is 1. The lowest BCUT2D eigenvalue weighted by Crippen LogP contribution is -2.30. The number of hydrogen-bond acceptors (Lipinski definition) is 4. The molecule has 0 aliphatic rings. The average molecular weight is 370 g/mol. The molecule has 1 amide bonds. The number of carbonyl (C=O) groups excluding carboxylic acids is 1. The first-order valence-corrected chi connectivity index (χ1v) is 7.94. The second-order valence-corrected chi connectivity index (χ2v) is 5.73. The SMILES string of the molecule is O=C(O)C[C@H](NC(=O)c1cc(=O)n(-c2cccc(F)c2)[nH]1)c1cccnc1. The minimum Gasteiger partial charge on any atom is -0.481 e. The van der Waals surface area contributed by atoms with Gasteiger partial charge in [0.05, 0.1) is 18.2 Å². The van der Waals surface area contributed by atoms with Gasteiger partial charge in [0, 0.05) is 18.5 Å². The Hall–Kier alpha value is -3.75. The first-order chi connectivity index (χ1) is 12.9. The van der Waals surface area contributed by atoms with E-state index in [2.05, 4.69) is 15.4 Å². The molecule has 0 saturated carbocycles. The maximum absolute atomic E-state index is 13.4. The second kappa shape index (κ2) is 7.65. The molecule has 27 heavy (non-hydrogen) atoms. The standard InChI is InChI=1S/C18H15FN4O4/c19-12-4-1-5-13(7-12)23-16(24)8-15(22-23)18(27)21-14(9-17(25)26)11-3-2-6-20-10-11/h1-8,10,14,22H,9H2,(H,21,27)(H,25,26)/t14-/m0/s1. The van der Waals surface area contributed by atoms with Gasteiger partial charge in [0.15, 0.2) is 0 Å². The summed E-state index contributed by atoms with van der Waals surface area (Å²) in [6.45, 7) is 0. The van der Waals surface area contributed by atoms with Crippen molar-refractivity contribution in [2.45, 2.75) is 12.5 Å². The third-order valence-corrected chi connectivity index (χ3v) is 3.80. The number of benzene rings is 1. The molecule has 2 aromatic heterocycles. The summed E-state index contributed by atoms with van der Waals surface area (Å²) in [6, 6.07) is 8.80. The molecule has 9 heteroatoms.